The molecule has 0 aliphatic heterocycles. The lowest BCUT2D eigenvalue weighted by molar-refractivity contribution is -0.137. The largest absolute Gasteiger partial charge is 0.481 e. The summed E-state index contributed by atoms with van der Waals surface area (Å²) in [7, 11) is 0. The molecule has 72 valence electrons. The van der Waals surface area contributed by atoms with Crippen LogP contribution < -0.4 is 5.32 Å². The molecule has 0 rings (SSSR count). The SMILES string of the molecule is CC(CCC(=O)O)NC(C)(C)C. The lowest BCUT2D eigenvalue weighted by Gasteiger charge is -2.25. The Morgan fingerprint density at radius 1 is 1.50 bits per heavy atom. The van der Waals surface area contributed by atoms with Crippen molar-refractivity contribution in [2.45, 2.75) is 52.1 Å². The second-order valence-corrected chi connectivity index (χ2v) is 4.23. The van der Waals surface area contributed by atoms with Gasteiger partial charge in [-0.05, 0) is 34.1 Å². The van der Waals surface area contributed by atoms with Gasteiger partial charge in [0, 0.05) is 18.0 Å². The zero-order valence-corrected chi connectivity index (χ0v) is 8.35. The highest BCUT2D eigenvalue weighted by Gasteiger charge is 2.13. The second kappa shape index (κ2) is 4.45. The molecule has 0 spiro atoms. The van der Waals surface area contributed by atoms with Crippen molar-refractivity contribution in [2.75, 3.05) is 0 Å². The Labute approximate surface area is 74.2 Å². The van der Waals surface area contributed by atoms with Crippen LogP contribution in [0.4, 0.5) is 0 Å². The molecule has 3 heteroatoms. The fourth-order valence-electron chi connectivity index (χ4n) is 1.15. The van der Waals surface area contributed by atoms with Gasteiger partial charge in [0.2, 0.25) is 0 Å². The monoisotopic (exact) mass is 173 g/mol. The first-order chi connectivity index (χ1) is 5.31. The molecule has 1 atom stereocenters. The summed E-state index contributed by atoms with van der Waals surface area (Å²) in [6, 6.07) is 0.265. The number of hydrogen-bond donors (Lipinski definition) is 2. The van der Waals surface area contributed by atoms with Crippen LogP contribution in [0.2, 0.25) is 0 Å². The molecule has 0 aromatic rings. The second-order valence-electron chi connectivity index (χ2n) is 4.23. The Balaban J connectivity index is 3.60. The molecule has 0 bridgehead atoms. The number of rotatable bonds is 4. The number of hydrogen-bond acceptors (Lipinski definition) is 2. The van der Waals surface area contributed by atoms with Gasteiger partial charge in [-0.25, -0.2) is 0 Å². The molecule has 0 fully saturated rings. The molecule has 0 saturated heterocycles. The molecule has 0 heterocycles. The first kappa shape index (κ1) is 11.4. The topological polar surface area (TPSA) is 49.3 Å². The maximum atomic E-state index is 10.2. The summed E-state index contributed by atoms with van der Waals surface area (Å²) in [6.45, 7) is 8.23. The molecule has 0 aromatic heterocycles. The van der Waals surface area contributed by atoms with Crippen LogP contribution in [0.15, 0.2) is 0 Å². The third kappa shape index (κ3) is 7.54. The third-order valence-corrected chi connectivity index (χ3v) is 1.47. The van der Waals surface area contributed by atoms with Crippen LogP contribution in [0.25, 0.3) is 0 Å². The summed E-state index contributed by atoms with van der Waals surface area (Å²) in [4.78, 5) is 10.2. The van der Waals surface area contributed by atoms with Gasteiger partial charge in [-0.3, -0.25) is 4.79 Å². The minimum atomic E-state index is -0.724. The Morgan fingerprint density at radius 3 is 2.33 bits per heavy atom. The standard InChI is InChI=1S/C9H19NO2/c1-7(5-6-8(11)12)10-9(2,3)4/h7,10H,5-6H2,1-4H3,(H,11,12). The van der Waals surface area contributed by atoms with Gasteiger partial charge >= 0.3 is 5.97 Å². The third-order valence-electron chi connectivity index (χ3n) is 1.47. The lowest BCUT2D eigenvalue weighted by atomic mass is 10.1. The van der Waals surface area contributed by atoms with E-state index >= 15 is 0 Å². The Morgan fingerprint density at radius 2 is 2.00 bits per heavy atom. The molecule has 12 heavy (non-hydrogen) atoms. The van der Waals surface area contributed by atoms with Crippen molar-refractivity contribution in [1.29, 1.82) is 0 Å². The van der Waals surface area contributed by atoms with Crippen LogP contribution in [-0.2, 0) is 4.79 Å². The Hall–Kier alpha value is -0.570. The van der Waals surface area contributed by atoms with Gasteiger partial charge in [-0.2, -0.15) is 0 Å². The molecule has 2 N–H and O–H groups in total. The first-order valence-corrected chi connectivity index (χ1v) is 4.31. The van der Waals surface area contributed by atoms with Crippen LogP contribution in [-0.4, -0.2) is 22.7 Å². The molecule has 0 radical (unpaired) electrons. The fourth-order valence-corrected chi connectivity index (χ4v) is 1.15. The highest BCUT2D eigenvalue weighted by molar-refractivity contribution is 5.66. The highest BCUT2D eigenvalue weighted by atomic mass is 16.4. The van der Waals surface area contributed by atoms with Crippen molar-refractivity contribution in [3.63, 3.8) is 0 Å². The van der Waals surface area contributed by atoms with E-state index in [9.17, 15) is 4.79 Å². The van der Waals surface area contributed by atoms with E-state index in [2.05, 4.69) is 26.1 Å². The maximum absolute atomic E-state index is 10.2. The quantitative estimate of drug-likeness (QED) is 0.679. The van der Waals surface area contributed by atoms with E-state index in [0.717, 1.165) is 0 Å². The van der Waals surface area contributed by atoms with Gasteiger partial charge < -0.3 is 10.4 Å². The number of carboxylic acids is 1. The highest BCUT2D eigenvalue weighted by Crippen LogP contribution is 2.04. The molecule has 0 aromatic carbocycles. The van der Waals surface area contributed by atoms with Crippen LogP contribution in [0, 0.1) is 0 Å². The van der Waals surface area contributed by atoms with Crippen molar-refractivity contribution >= 4 is 5.97 Å². The van der Waals surface area contributed by atoms with E-state index in [1.165, 1.54) is 0 Å². The number of carbonyl (C=O) groups is 1. The summed E-state index contributed by atoms with van der Waals surface area (Å²) >= 11 is 0. The van der Waals surface area contributed by atoms with Crippen LogP contribution in [0.1, 0.15) is 40.5 Å². The predicted octanol–water partition coefficient (Wildman–Crippen LogP) is 1.63. The zero-order valence-electron chi connectivity index (χ0n) is 8.35. The molecule has 0 aliphatic rings. The van der Waals surface area contributed by atoms with Crippen molar-refractivity contribution in [2.24, 2.45) is 0 Å². The van der Waals surface area contributed by atoms with Crippen molar-refractivity contribution in [3.05, 3.63) is 0 Å². The summed E-state index contributed by atoms with van der Waals surface area (Å²) < 4.78 is 0. The average molecular weight is 173 g/mol. The van der Waals surface area contributed by atoms with Crippen molar-refractivity contribution in [1.82, 2.24) is 5.32 Å². The van der Waals surface area contributed by atoms with Gasteiger partial charge in [0.05, 0.1) is 0 Å². The maximum Gasteiger partial charge on any atom is 0.303 e. The molecule has 0 aliphatic carbocycles. The van der Waals surface area contributed by atoms with Crippen LogP contribution in [0.5, 0.6) is 0 Å². The zero-order chi connectivity index (χ0) is 9.78. The van der Waals surface area contributed by atoms with Crippen LogP contribution >= 0.6 is 0 Å². The molecule has 0 saturated carbocycles. The molecule has 1 unspecified atom stereocenters. The van der Waals surface area contributed by atoms with E-state index < -0.39 is 5.97 Å². The first-order valence-electron chi connectivity index (χ1n) is 4.31. The van der Waals surface area contributed by atoms with Gasteiger partial charge in [0.15, 0.2) is 0 Å². The van der Waals surface area contributed by atoms with Gasteiger partial charge in [0.1, 0.15) is 0 Å². The molecular weight excluding hydrogens is 154 g/mol. The normalized spacial score (nSPS) is 14.3. The Kier molecular flexibility index (Phi) is 4.24. The van der Waals surface area contributed by atoms with Crippen molar-refractivity contribution in [3.8, 4) is 0 Å². The smallest absolute Gasteiger partial charge is 0.303 e. The summed E-state index contributed by atoms with van der Waals surface area (Å²) in [5.41, 5.74) is 0.0674. The minimum Gasteiger partial charge on any atom is -0.481 e. The van der Waals surface area contributed by atoms with E-state index in [-0.39, 0.29) is 18.0 Å². The lowest BCUT2D eigenvalue weighted by Crippen LogP contribution is -2.42. The average Bonchev–Trinajstić information content (AvgIpc) is 1.79. The van der Waals surface area contributed by atoms with E-state index in [0.29, 0.717) is 6.42 Å². The summed E-state index contributed by atoms with van der Waals surface area (Å²) in [5.74, 6) is -0.724. The van der Waals surface area contributed by atoms with E-state index in [1.807, 2.05) is 6.92 Å². The fraction of sp³-hybridized carbons (Fsp3) is 0.889. The number of nitrogens with one attached hydrogen (secondary N) is 1. The summed E-state index contributed by atoms with van der Waals surface area (Å²) in [5, 5.41) is 11.7. The van der Waals surface area contributed by atoms with Gasteiger partial charge in [0.25, 0.3) is 0 Å². The van der Waals surface area contributed by atoms with E-state index in [1.54, 1.807) is 0 Å². The minimum absolute atomic E-state index is 0.0674. The van der Waals surface area contributed by atoms with Gasteiger partial charge in [-0.15, -0.1) is 0 Å². The molecular formula is C9H19NO2. The molecule has 3 nitrogen and oxygen atoms in total. The number of aliphatic carboxylic acids is 1. The molecule has 0 amide bonds. The van der Waals surface area contributed by atoms with E-state index in [4.69, 9.17) is 5.11 Å². The Bertz CT molecular complexity index is 149. The predicted molar refractivity (Wildman–Crippen MR) is 49.2 cm³/mol. The van der Waals surface area contributed by atoms with Gasteiger partial charge in [-0.1, -0.05) is 0 Å². The summed E-state index contributed by atoms with van der Waals surface area (Å²) in [6.07, 6.45) is 0.927. The number of carboxylic acid groups (broad SMARTS) is 1. The van der Waals surface area contributed by atoms with Crippen molar-refractivity contribution < 1.29 is 9.90 Å². The van der Waals surface area contributed by atoms with Crippen LogP contribution in [0.3, 0.4) is 0 Å².